The fraction of sp³-hybridized carbons (Fsp3) is 0.318. The van der Waals surface area contributed by atoms with Crippen molar-refractivity contribution in [3.8, 4) is 0 Å². The van der Waals surface area contributed by atoms with Crippen LogP contribution in [0.5, 0.6) is 0 Å². The van der Waals surface area contributed by atoms with E-state index in [0.717, 1.165) is 36.8 Å². The van der Waals surface area contributed by atoms with Crippen LogP contribution in [0.15, 0.2) is 66.2 Å². The zero-order valence-electron chi connectivity index (χ0n) is 14.6. The molecule has 0 aromatic heterocycles. The molecule has 0 saturated carbocycles. The topological polar surface area (TPSA) is 29.5 Å². The fourth-order valence-electron chi connectivity index (χ4n) is 4.04. The van der Waals surface area contributed by atoms with Gasteiger partial charge in [0.2, 0.25) is 0 Å². The van der Waals surface area contributed by atoms with Crippen LogP contribution in [0, 0.1) is 5.82 Å². The molecule has 2 aliphatic rings. The van der Waals surface area contributed by atoms with E-state index in [1.54, 1.807) is 12.1 Å². The third kappa shape index (κ3) is 3.64. The Labute approximate surface area is 153 Å². The summed E-state index contributed by atoms with van der Waals surface area (Å²) >= 11 is 0. The molecule has 0 aliphatic carbocycles. The zero-order valence-corrected chi connectivity index (χ0v) is 14.6. The number of hydrogen-bond donors (Lipinski definition) is 0. The number of benzene rings is 2. The van der Waals surface area contributed by atoms with Gasteiger partial charge >= 0.3 is 6.09 Å². The standard InChI is InChI=1S/C22H22FNO2/c23-19-8-4-7-17(12-19)11-18-13-20-9-10-21(14-18)24(20)22(25)26-15-16-5-2-1-3-6-16/h1-8,12-13,20-21H,9-11,14-15H2. The summed E-state index contributed by atoms with van der Waals surface area (Å²) in [5.41, 5.74) is 3.26. The van der Waals surface area contributed by atoms with Crippen molar-refractivity contribution in [2.45, 2.75) is 44.4 Å². The Kier molecular flexibility index (Phi) is 4.74. The van der Waals surface area contributed by atoms with Crippen LogP contribution in [-0.2, 0) is 17.8 Å². The van der Waals surface area contributed by atoms with Gasteiger partial charge in [0.1, 0.15) is 12.4 Å². The smallest absolute Gasteiger partial charge is 0.410 e. The third-order valence-corrected chi connectivity index (χ3v) is 5.21. The molecule has 2 aromatic carbocycles. The van der Waals surface area contributed by atoms with E-state index in [-0.39, 0.29) is 24.0 Å². The number of hydrogen-bond acceptors (Lipinski definition) is 2. The first-order chi connectivity index (χ1) is 12.7. The average molecular weight is 351 g/mol. The molecule has 2 heterocycles. The largest absolute Gasteiger partial charge is 0.445 e. The van der Waals surface area contributed by atoms with E-state index in [2.05, 4.69) is 6.08 Å². The van der Waals surface area contributed by atoms with Crippen LogP contribution >= 0.6 is 0 Å². The third-order valence-electron chi connectivity index (χ3n) is 5.21. The van der Waals surface area contributed by atoms with Crippen LogP contribution in [0.2, 0.25) is 0 Å². The molecule has 0 N–H and O–H groups in total. The highest BCUT2D eigenvalue weighted by Gasteiger charge is 2.40. The van der Waals surface area contributed by atoms with Crippen LogP contribution in [0.25, 0.3) is 0 Å². The molecule has 4 rings (SSSR count). The Bertz CT molecular complexity index is 818. The Morgan fingerprint density at radius 2 is 1.88 bits per heavy atom. The van der Waals surface area contributed by atoms with Crippen molar-refractivity contribution in [3.05, 3.63) is 83.2 Å². The maximum Gasteiger partial charge on any atom is 0.410 e. The van der Waals surface area contributed by atoms with Gasteiger partial charge in [-0.25, -0.2) is 9.18 Å². The average Bonchev–Trinajstić information content (AvgIpc) is 2.91. The monoisotopic (exact) mass is 351 g/mol. The lowest BCUT2D eigenvalue weighted by molar-refractivity contribution is 0.0816. The molecule has 2 unspecified atom stereocenters. The van der Waals surface area contributed by atoms with E-state index >= 15 is 0 Å². The molecule has 1 fully saturated rings. The minimum Gasteiger partial charge on any atom is -0.445 e. The van der Waals surface area contributed by atoms with Crippen molar-refractivity contribution in [2.75, 3.05) is 0 Å². The van der Waals surface area contributed by atoms with Gasteiger partial charge in [0.05, 0.1) is 6.04 Å². The second kappa shape index (κ2) is 7.32. The van der Waals surface area contributed by atoms with E-state index in [4.69, 9.17) is 4.74 Å². The van der Waals surface area contributed by atoms with Crippen LogP contribution < -0.4 is 0 Å². The van der Waals surface area contributed by atoms with E-state index in [0.29, 0.717) is 6.61 Å². The van der Waals surface area contributed by atoms with Crippen molar-refractivity contribution in [1.82, 2.24) is 4.90 Å². The highest BCUT2D eigenvalue weighted by molar-refractivity contribution is 5.70. The maximum atomic E-state index is 13.4. The zero-order chi connectivity index (χ0) is 17.9. The van der Waals surface area contributed by atoms with Crippen molar-refractivity contribution in [3.63, 3.8) is 0 Å². The summed E-state index contributed by atoms with van der Waals surface area (Å²) in [6.07, 6.45) is 5.50. The Hall–Kier alpha value is -2.62. The van der Waals surface area contributed by atoms with Gasteiger partial charge in [-0.2, -0.15) is 0 Å². The lowest BCUT2D eigenvalue weighted by Gasteiger charge is -2.33. The van der Waals surface area contributed by atoms with Gasteiger partial charge in [0.25, 0.3) is 0 Å². The van der Waals surface area contributed by atoms with Crippen molar-refractivity contribution in [1.29, 1.82) is 0 Å². The summed E-state index contributed by atoms with van der Waals surface area (Å²) in [4.78, 5) is 14.5. The van der Waals surface area contributed by atoms with Gasteiger partial charge in [-0.15, -0.1) is 0 Å². The Balaban J connectivity index is 1.40. The van der Waals surface area contributed by atoms with Gasteiger partial charge < -0.3 is 4.74 Å². The highest BCUT2D eigenvalue weighted by Crippen LogP contribution is 2.36. The maximum absolute atomic E-state index is 13.4. The number of fused-ring (bicyclic) bond motifs is 2. The van der Waals surface area contributed by atoms with Gasteiger partial charge in [-0.3, -0.25) is 4.90 Å². The fourth-order valence-corrected chi connectivity index (χ4v) is 4.04. The second-order valence-corrected chi connectivity index (χ2v) is 7.08. The molecule has 1 saturated heterocycles. The van der Waals surface area contributed by atoms with Crippen molar-refractivity contribution < 1.29 is 13.9 Å². The molecule has 134 valence electrons. The number of carbonyl (C=O) groups is 1. The summed E-state index contributed by atoms with van der Waals surface area (Å²) < 4.78 is 18.9. The molecule has 26 heavy (non-hydrogen) atoms. The molecular formula is C22H22FNO2. The number of amides is 1. The Morgan fingerprint density at radius 3 is 2.65 bits per heavy atom. The van der Waals surface area contributed by atoms with Gasteiger partial charge in [0.15, 0.2) is 0 Å². The predicted octanol–water partition coefficient (Wildman–Crippen LogP) is 4.87. The predicted molar refractivity (Wildman–Crippen MR) is 98.1 cm³/mol. The summed E-state index contributed by atoms with van der Waals surface area (Å²) in [5.74, 6) is -0.201. The molecule has 2 atom stereocenters. The Morgan fingerprint density at radius 1 is 1.08 bits per heavy atom. The number of rotatable bonds is 4. The van der Waals surface area contributed by atoms with Crippen molar-refractivity contribution in [2.24, 2.45) is 0 Å². The van der Waals surface area contributed by atoms with Gasteiger partial charge in [0, 0.05) is 6.04 Å². The number of nitrogens with zero attached hydrogens (tertiary/aromatic N) is 1. The molecule has 0 radical (unpaired) electrons. The highest BCUT2D eigenvalue weighted by atomic mass is 19.1. The quantitative estimate of drug-likeness (QED) is 0.736. The van der Waals surface area contributed by atoms with Crippen LogP contribution in [0.3, 0.4) is 0 Å². The molecule has 0 spiro atoms. The minimum absolute atomic E-state index is 0.0978. The summed E-state index contributed by atoms with van der Waals surface area (Å²) in [6, 6.07) is 16.8. The molecule has 4 heteroatoms. The first kappa shape index (κ1) is 16.8. The van der Waals surface area contributed by atoms with Crippen molar-refractivity contribution >= 4 is 6.09 Å². The number of halogens is 1. The summed E-state index contributed by atoms with van der Waals surface area (Å²) in [7, 11) is 0. The van der Waals surface area contributed by atoms with E-state index in [9.17, 15) is 9.18 Å². The lowest BCUT2D eigenvalue weighted by Crippen LogP contribution is -2.43. The van der Waals surface area contributed by atoms with Gasteiger partial charge in [-0.05, 0) is 48.9 Å². The summed E-state index contributed by atoms with van der Waals surface area (Å²) in [5, 5.41) is 0. The normalized spacial score (nSPS) is 21.4. The van der Waals surface area contributed by atoms with E-state index in [1.807, 2.05) is 41.3 Å². The number of carbonyl (C=O) groups excluding carboxylic acids is 1. The first-order valence-electron chi connectivity index (χ1n) is 9.12. The first-order valence-corrected chi connectivity index (χ1v) is 9.12. The summed E-state index contributed by atoms with van der Waals surface area (Å²) in [6.45, 7) is 0.301. The second-order valence-electron chi connectivity index (χ2n) is 7.08. The van der Waals surface area contributed by atoms with E-state index in [1.165, 1.54) is 11.6 Å². The van der Waals surface area contributed by atoms with E-state index < -0.39 is 0 Å². The minimum atomic E-state index is -0.234. The van der Waals surface area contributed by atoms with Crippen LogP contribution in [0.4, 0.5) is 9.18 Å². The lowest BCUT2D eigenvalue weighted by atomic mass is 9.95. The molecular weight excluding hydrogens is 329 g/mol. The molecule has 1 amide bonds. The van der Waals surface area contributed by atoms with Crippen LogP contribution in [-0.4, -0.2) is 23.1 Å². The molecule has 2 aliphatic heterocycles. The molecule has 3 nitrogen and oxygen atoms in total. The van der Waals surface area contributed by atoms with Gasteiger partial charge in [-0.1, -0.05) is 54.1 Å². The molecule has 2 bridgehead atoms. The molecule has 2 aromatic rings. The van der Waals surface area contributed by atoms with Crippen LogP contribution in [0.1, 0.15) is 30.4 Å². The SMILES string of the molecule is O=C(OCc1ccccc1)N1C2C=C(Cc3cccc(F)c3)CC1CC2. The number of ether oxygens (including phenoxy) is 1.